The lowest BCUT2D eigenvalue weighted by Gasteiger charge is -2.13. The summed E-state index contributed by atoms with van der Waals surface area (Å²) in [5.74, 6) is -0.187. The number of hydrogen-bond donors (Lipinski definition) is 2. The van der Waals surface area contributed by atoms with Gasteiger partial charge in [0, 0.05) is 29.0 Å². The van der Waals surface area contributed by atoms with E-state index in [9.17, 15) is 18.0 Å². The van der Waals surface area contributed by atoms with Crippen molar-refractivity contribution < 1.29 is 22.7 Å². The number of halogens is 3. The molecule has 0 aliphatic carbocycles. The molecule has 144 valence electrons. The zero-order valence-corrected chi connectivity index (χ0v) is 14.8. The maximum absolute atomic E-state index is 13.0. The van der Waals surface area contributed by atoms with E-state index < -0.39 is 11.7 Å². The topological polar surface area (TPSA) is 54.1 Å². The summed E-state index contributed by atoms with van der Waals surface area (Å²) >= 11 is 0. The van der Waals surface area contributed by atoms with Crippen molar-refractivity contribution in [1.29, 1.82) is 0 Å². The van der Waals surface area contributed by atoms with Crippen LogP contribution in [-0.4, -0.2) is 17.5 Å². The molecule has 1 amide bonds. The lowest BCUT2D eigenvalue weighted by atomic mass is 9.99. The largest absolute Gasteiger partial charge is 0.493 e. The molecule has 2 N–H and O–H groups in total. The van der Waals surface area contributed by atoms with Crippen LogP contribution in [0.25, 0.3) is 16.5 Å². The van der Waals surface area contributed by atoms with Crippen molar-refractivity contribution in [1.82, 2.24) is 4.98 Å². The van der Waals surface area contributed by atoms with Gasteiger partial charge in [0.25, 0.3) is 0 Å². The first-order valence-electron chi connectivity index (χ1n) is 8.83. The van der Waals surface area contributed by atoms with Gasteiger partial charge in [-0.1, -0.05) is 12.1 Å². The highest BCUT2D eigenvalue weighted by Gasteiger charge is 2.32. The molecular formula is C21H17F3N2O2. The van der Waals surface area contributed by atoms with Crippen molar-refractivity contribution in [3.63, 3.8) is 0 Å². The number of benzene rings is 2. The van der Waals surface area contributed by atoms with Crippen LogP contribution >= 0.6 is 0 Å². The van der Waals surface area contributed by atoms with E-state index in [1.165, 1.54) is 12.1 Å². The molecule has 1 aliphatic heterocycles. The van der Waals surface area contributed by atoms with Crippen molar-refractivity contribution in [2.45, 2.75) is 19.0 Å². The van der Waals surface area contributed by atoms with E-state index in [0.717, 1.165) is 23.0 Å². The molecule has 4 rings (SSSR count). The number of carbonyl (C=O) groups excluding carboxylic acids is 1. The number of anilines is 1. The minimum Gasteiger partial charge on any atom is -0.493 e. The lowest BCUT2D eigenvalue weighted by Crippen LogP contribution is -2.09. The number of ether oxygens (including phenoxy) is 1. The smallest absolute Gasteiger partial charge is 0.416 e. The molecule has 28 heavy (non-hydrogen) atoms. The number of fused-ring (bicyclic) bond motifs is 2. The molecule has 1 aliphatic rings. The van der Waals surface area contributed by atoms with Gasteiger partial charge in [0.1, 0.15) is 5.75 Å². The minimum atomic E-state index is -4.44. The van der Waals surface area contributed by atoms with Gasteiger partial charge >= 0.3 is 6.18 Å². The third-order valence-corrected chi connectivity index (χ3v) is 4.63. The van der Waals surface area contributed by atoms with Crippen LogP contribution in [0.3, 0.4) is 0 Å². The van der Waals surface area contributed by atoms with Crippen LogP contribution in [0.2, 0.25) is 0 Å². The molecule has 0 fully saturated rings. The molecular weight excluding hydrogens is 369 g/mol. The molecule has 2 aromatic carbocycles. The van der Waals surface area contributed by atoms with Crippen molar-refractivity contribution in [2.75, 3.05) is 11.9 Å². The molecule has 4 nitrogen and oxygen atoms in total. The molecule has 3 aromatic rings. The number of aromatic nitrogens is 1. The molecule has 0 saturated carbocycles. The Bertz CT molecular complexity index is 1070. The summed E-state index contributed by atoms with van der Waals surface area (Å²) in [6, 6.07) is 10.8. The van der Waals surface area contributed by atoms with E-state index in [-0.39, 0.29) is 11.7 Å². The molecule has 0 saturated heterocycles. The van der Waals surface area contributed by atoms with Gasteiger partial charge in [-0.2, -0.15) is 13.2 Å². The number of carbonyl (C=O) groups is 1. The number of rotatable bonds is 2. The highest BCUT2D eigenvalue weighted by molar-refractivity contribution is 6.05. The van der Waals surface area contributed by atoms with Crippen LogP contribution in [0, 0.1) is 0 Å². The summed E-state index contributed by atoms with van der Waals surface area (Å²) in [4.78, 5) is 15.6. The standard InChI is InChI=1S/C21H17F3N2O2/c22-21(23,24)15-4-6-17-14(2-1-9-28-19(17)11-15)10-20(27)26-16-5-3-13-7-8-25-18(13)12-16/h3-8,10-12,25H,1-2,9H2,(H,26,27)/b14-10+. The SMILES string of the molecule is O=C(/C=C1\CCCOc2cc(C(F)(F)F)ccc21)Nc1ccc2cc[nH]c2c1. The zero-order chi connectivity index (χ0) is 19.7. The predicted molar refractivity (Wildman–Crippen MR) is 101 cm³/mol. The first-order chi connectivity index (χ1) is 13.4. The highest BCUT2D eigenvalue weighted by Crippen LogP contribution is 2.38. The number of allylic oxidation sites excluding steroid dienone is 1. The Morgan fingerprint density at radius 2 is 2.00 bits per heavy atom. The maximum Gasteiger partial charge on any atom is 0.416 e. The monoisotopic (exact) mass is 386 g/mol. The van der Waals surface area contributed by atoms with Gasteiger partial charge in [-0.05, 0) is 54.1 Å². The van der Waals surface area contributed by atoms with Gasteiger partial charge in [0.15, 0.2) is 0 Å². The molecule has 0 atom stereocenters. The van der Waals surface area contributed by atoms with E-state index in [1.807, 2.05) is 24.4 Å². The Hall–Kier alpha value is -3.22. The van der Waals surface area contributed by atoms with Crippen molar-refractivity contribution in [2.24, 2.45) is 0 Å². The molecule has 2 heterocycles. The fourth-order valence-electron chi connectivity index (χ4n) is 3.27. The third-order valence-electron chi connectivity index (χ3n) is 4.63. The lowest BCUT2D eigenvalue weighted by molar-refractivity contribution is -0.137. The number of alkyl halides is 3. The maximum atomic E-state index is 13.0. The first-order valence-corrected chi connectivity index (χ1v) is 8.83. The molecule has 7 heteroatoms. The fraction of sp³-hybridized carbons (Fsp3) is 0.190. The van der Waals surface area contributed by atoms with Gasteiger partial charge in [0.05, 0.1) is 12.2 Å². The van der Waals surface area contributed by atoms with Crippen LogP contribution < -0.4 is 10.1 Å². The van der Waals surface area contributed by atoms with Crippen LogP contribution in [0.5, 0.6) is 5.75 Å². The van der Waals surface area contributed by atoms with E-state index in [4.69, 9.17) is 4.74 Å². The number of aromatic amines is 1. The van der Waals surface area contributed by atoms with E-state index in [0.29, 0.717) is 36.3 Å². The van der Waals surface area contributed by atoms with Gasteiger partial charge < -0.3 is 15.0 Å². The summed E-state index contributed by atoms with van der Waals surface area (Å²) in [7, 11) is 0. The Morgan fingerprint density at radius 1 is 1.14 bits per heavy atom. The third kappa shape index (κ3) is 3.74. The van der Waals surface area contributed by atoms with Gasteiger partial charge in [-0.3, -0.25) is 4.79 Å². The van der Waals surface area contributed by atoms with Crippen LogP contribution in [-0.2, 0) is 11.0 Å². The van der Waals surface area contributed by atoms with Crippen molar-refractivity contribution in [3.05, 3.63) is 65.9 Å². The second-order valence-corrected chi connectivity index (χ2v) is 6.60. The van der Waals surface area contributed by atoms with Crippen LogP contribution in [0.1, 0.15) is 24.0 Å². The molecule has 1 aromatic heterocycles. The molecule has 0 radical (unpaired) electrons. The Labute approximate surface area is 159 Å². The minimum absolute atomic E-state index is 0.152. The number of nitrogens with one attached hydrogen (secondary N) is 2. The Kier molecular flexibility index (Phi) is 4.58. The summed E-state index contributed by atoms with van der Waals surface area (Å²) in [5, 5.41) is 3.84. The van der Waals surface area contributed by atoms with E-state index >= 15 is 0 Å². The summed E-state index contributed by atoms with van der Waals surface area (Å²) in [6.07, 6.45) is -0.0387. The Balaban J connectivity index is 1.60. The van der Waals surface area contributed by atoms with Crippen LogP contribution in [0.15, 0.2) is 54.7 Å². The van der Waals surface area contributed by atoms with Gasteiger partial charge in [0.2, 0.25) is 5.91 Å². The van der Waals surface area contributed by atoms with Crippen LogP contribution in [0.4, 0.5) is 18.9 Å². The fourth-order valence-corrected chi connectivity index (χ4v) is 3.27. The quantitative estimate of drug-likeness (QED) is 0.581. The molecule has 0 unspecified atom stereocenters. The zero-order valence-electron chi connectivity index (χ0n) is 14.8. The van der Waals surface area contributed by atoms with Gasteiger partial charge in [-0.25, -0.2) is 0 Å². The summed E-state index contributed by atoms with van der Waals surface area (Å²) < 4.78 is 44.4. The first kappa shape index (κ1) is 18.2. The van der Waals surface area contributed by atoms with E-state index in [1.54, 1.807) is 6.07 Å². The predicted octanol–water partition coefficient (Wildman–Crippen LogP) is 5.38. The normalized spacial score (nSPS) is 15.8. The summed E-state index contributed by atoms with van der Waals surface area (Å²) in [5.41, 5.74) is 1.93. The van der Waals surface area contributed by atoms with Crippen molar-refractivity contribution in [3.8, 4) is 5.75 Å². The second-order valence-electron chi connectivity index (χ2n) is 6.60. The second kappa shape index (κ2) is 7.07. The summed E-state index contributed by atoms with van der Waals surface area (Å²) in [6.45, 7) is 0.302. The average molecular weight is 386 g/mol. The molecule has 0 spiro atoms. The number of hydrogen-bond acceptors (Lipinski definition) is 2. The number of H-pyrrole nitrogens is 1. The van der Waals surface area contributed by atoms with E-state index in [2.05, 4.69) is 10.3 Å². The Morgan fingerprint density at radius 3 is 2.82 bits per heavy atom. The highest BCUT2D eigenvalue weighted by atomic mass is 19.4. The number of amides is 1. The van der Waals surface area contributed by atoms with Crippen molar-refractivity contribution >= 4 is 28.1 Å². The molecule has 0 bridgehead atoms. The van der Waals surface area contributed by atoms with Gasteiger partial charge in [-0.15, -0.1) is 0 Å². The average Bonchev–Trinajstić information content (AvgIpc) is 3.02.